The highest BCUT2D eigenvalue weighted by atomic mass is 32.2. The molecule has 0 bridgehead atoms. The second-order valence-electron chi connectivity index (χ2n) is 15.2. The third-order valence-corrected chi connectivity index (χ3v) is 12.7. The number of ether oxygens (including phenoxy) is 4. The van der Waals surface area contributed by atoms with Gasteiger partial charge in [0.2, 0.25) is 0 Å². The molecule has 0 aliphatic carbocycles. The molecule has 0 saturated carbocycles. The molecule has 22 heteroatoms. The first-order chi connectivity index (χ1) is 35.5. The van der Waals surface area contributed by atoms with E-state index in [1.807, 2.05) is 12.1 Å². The quantitative estimate of drug-likeness (QED) is 0.0227. The number of rotatable bonds is 16. The summed E-state index contributed by atoms with van der Waals surface area (Å²) in [6.07, 6.45) is 0. The van der Waals surface area contributed by atoms with E-state index in [9.17, 15) is 25.6 Å². The van der Waals surface area contributed by atoms with Crippen LogP contribution in [0.5, 0.6) is 46.0 Å². The van der Waals surface area contributed by atoms with Gasteiger partial charge in [-0.25, -0.2) is 25.6 Å². The average Bonchev–Trinajstić information content (AvgIpc) is 3.39. The van der Waals surface area contributed by atoms with Crippen LogP contribution in [0.4, 0.5) is 20.2 Å². The smallest absolute Gasteiger partial charge is 0.261 e. The van der Waals surface area contributed by atoms with Crippen LogP contribution in [0.1, 0.15) is 22.3 Å². The number of sulfonamides is 2. The molecule has 8 N–H and O–H groups in total. The van der Waals surface area contributed by atoms with Gasteiger partial charge in [-0.2, -0.15) is 10.5 Å². The number of hydrogen-bond donors (Lipinski definition) is 6. The Morgan fingerprint density at radius 1 is 0.432 bits per heavy atom. The van der Waals surface area contributed by atoms with Gasteiger partial charge in [-0.3, -0.25) is 9.44 Å². The lowest BCUT2D eigenvalue weighted by Crippen LogP contribution is -2.13. The monoisotopic (exact) mass is 1040 g/mol. The number of halogens is 2. The van der Waals surface area contributed by atoms with E-state index in [2.05, 4.69) is 19.8 Å². The number of oxime groups is 2. The first-order valence-corrected chi connectivity index (χ1v) is 24.2. The van der Waals surface area contributed by atoms with E-state index in [-0.39, 0.29) is 55.8 Å². The largest absolute Gasteiger partial charge is 0.457 e. The molecule has 0 saturated heterocycles. The van der Waals surface area contributed by atoms with Gasteiger partial charge in [0, 0.05) is 47.5 Å². The van der Waals surface area contributed by atoms with Gasteiger partial charge in [0.05, 0.1) is 44.4 Å². The number of nitriles is 2. The number of benzene rings is 8. The van der Waals surface area contributed by atoms with E-state index < -0.39 is 31.7 Å². The fourth-order valence-electron chi connectivity index (χ4n) is 6.39. The van der Waals surface area contributed by atoms with Gasteiger partial charge in [-0.05, 0) is 146 Å². The van der Waals surface area contributed by atoms with Crippen LogP contribution >= 0.6 is 0 Å². The third-order valence-electron chi connectivity index (χ3n) is 9.94. The van der Waals surface area contributed by atoms with Crippen LogP contribution in [0, 0.1) is 34.3 Å². The van der Waals surface area contributed by atoms with Gasteiger partial charge >= 0.3 is 0 Å². The van der Waals surface area contributed by atoms with Crippen LogP contribution in [-0.4, -0.2) is 38.9 Å². The molecule has 0 heterocycles. The van der Waals surface area contributed by atoms with Crippen molar-refractivity contribution in [2.45, 2.75) is 9.79 Å². The minimum Gasteiger partial charge on any atom is -0.457 e. The lowest BCUT2D eigenvalue weighted by Gasteiger charge is -2.14. The van der Waals surface area contributed by atoms with E-state index in [1.165, 1.54) is 30.3 Å². The number of hydrogen-bond acceptors (Lipinski definition) is 14. The van der Waals surface area contributed by atoms with Gasteiger partial charge in [-0.1, -0.05) is 10.3 Å². The Bertz CT molecular complexity index is 3490. The van der Waals surface area contributed by atoms with Crippen LogP contribution in [0.3, 0.4) is 0 Å². The lowest BCUT2D eigenvalue weighted by atomic mass is 10.2. The van der Waals surface area contributed by atoms with E-state index in [0.717, 1.165) is 48.5 Å². The molecule has 0 unspecified atom stereocenters. The highest BCUT2D eigenvalue weighted by Crippen LogP contribution is 2.36. The molecule has 0 amide bonds. The molecule has 8 rings (SSSR count). The Hall–Kier alpha value is -10.2. The van der Waals surface area contributed by atoms with Crippen LogP contribution in [0.15, 0.2) is 202 Å². The van der Waals surface area contributed by atoms with Crippen LogP contribution in [0.25, 0.3) is 0 Å². The standard InChI is InChI=1S/C26H22FN5O6S.C26H16FN3O4S/c27-18-5-11-24(12-6-18)39(35,36)32-19-13-22(37-20-7-1-16(2-8-20)25(28)30-33)15-23(14-19)38-21-9-3-17(4-10-21)26(29)31-34;27-20-5-11-26(12-6-20)35(31,32)30-21-13-24(33-22-7-1-18(16-28)2-8-22)15-25(14-21)34-23-9-3-19(17-29)4-10-23/h1-15,32-34H,(H2,28,30)(H2,29,31);1-15,30H. The molecule has 8 aromatic carbocycles. The second-order valence-corrected chi connectivity index (χ2v) is 18.6. The maximum absolute atomic E-state index is 13.3. The van der Waals surface area contributed by atoms with E-state index in [1.54, 1.807) is 103 Å². The number of amidine groups is 2. The molecular formula is C52H38F2N8O10S2. The fraction of sp³-hybridized carbons (Fsp3) is 0. The molecular weight excluding hydrogens is 999 g/mol. The molecule has 8 aromatic rings. The van der Waals surface area contributed by atoms with Crippen molar-refractivity contribution in [3.8, 4) is 58.1 Å². The van der Waals surface area contributed by atoms with Crippen LogP contribution in [-0.2, 0) is 20.0 Å². The summed E-state index contributed by atoms with van der Waals surface area (Å²) in [5.74, 6) is 1.27. The summed E-state index contributed by atoms with van der Waals surface area (Å²) in [6, 6.07) is 47.1. The molecule has 0 atom stereocenters. The Kier molecular flexibility index (Phi) is 16.2. The van der Waals surface area contributed by atoms with E-state index >= 15 is 0 Å². The molecule has 0 radical (unpaired) electrons. The molecule has 74 heavy (non-hydrogen) atoms. The molecule has 0 spiro atoms. The summed E-state index contributed by atoms with van der Waals surface area (Å²) < 4.78 is 106. The van der Waals surface area contributed by atoms with E-state index in [4.69, 9.17) is 51.4 Å². The van der Waals surface area contributed by atoms with Gasteiger partial charge in [-0.15, -0.1) is 0 Å². The maximum Gasteiger partial charge on any atom is 0.261 e. The van der Waals surface area contributed by atoms with Crippen molar-refractivity contribution in [1.29, 1.82) is 10.5 Å². The number of nitrogens with two attached hydrogens (primary N) is 2. The molecule has 18 nitrogen and oxygen atoms in total. The second kappa shape index (κ2) is 23.2. The number of nitrogens with zero attached hydrogens (tertiary/aromatic N) is 4. The summed E-state index contributed by atoms with van der Waals surface area (Å²) in [6.45, 7) is 0. The zero-order chi connectivity index (χ0) is 52.8. The maximum atomic E-state index is 13.3. The van der Waals surface area contributed by atoms with Gasteiger partial charge < -0.3 is 40.8 Å². The first-order valence-electron chi connectivity index (χ1n) is 21.3. The van der Waals surface area contributed by atoms with Crippen LogP contribution < -0.4 is 39.9 Å². The van der Waals surface area contributed by atoms with Crippen molar-refractivity contribution < 1.29 is 55.0 Å². The van der Waals surface area contributed by atoms with Gasteiger partial charge in [0.1, 0.15) is 57.6 Å². The third kappa shape index (κ3) is 14.0. The highest BCUT2D eigenvalue weighted by Gasteiger charge is 2.18. The Balaban J connectivity index is 0.000000217. The zero-order valence-corrected chi connectivity index (χ0v) is 39.6. The van der Waals surface area contributed by atoms with Crippen LogP contribution in [0.2, 0.25) is 0 Å². The van der Waals surface area contributed by atoms with Crippen molar-refractivity contribution in [3.05, 3.63) is 216 Å². The SMILES string of the molecule is N#Cc1ccc(Oc2cc(NS(=O)(=O)c3ccc(F)cc3)cc(Oc3ccc(C#N)cc3)c2)cc1.NC(=NO)c1ccc(Oc2cc(NS(=O)(=O)c3ccc(F)cc3)cc(Oc3ccc(C(N)=NO)cc3)c2)cc1. The molecule has 0 aliphatic heterocycles. The Labute approximate surface area is 421 Å². The first kappa shape index (κ1) is 51.7. The van der Waals surface area contributed by atoms with Crippen molar-refractivity contribution in [1.82, 2.24) is 0 Å². The molecule has 0 aromatic heterocycles. The number of anilines is 2. The molecule has 0 aliphatic rings. The predicted octanol–water partition coefficient (Wildman–Crippen LogP) is 10.4. The van der Waals surface area contributed by atoms with Gasteiger partial charge in [0.15, 0.2) is 11.7 Å². The summed E-state index contributed by atoms with van der Waals surface area (Å²) in [5.41, 5.74) is 13.3. The summed E-state index contributed by atoms with van der Waals surface area (Å²) in [7, 11) is -8.10. The lowest BCUT2D eigenvalue weighted by molar-refractivity contribution is 0.318. The summed E-state index contributed by atoms with van der Waals surface area (Å²) >= 11 is 0. The fourth-order valence-corrected chi connectivity index (χ4v) is 8.48. The average molecular weight is 1040 g/mol. The zero-order valence-electron chi connectivity index (χ0n) is 38.0. The minimum absolute atomic E-state index is 0.0764. The van der Waals surface area contributed by atoms with Crippen molar-refractivity contribution in [2.24, 2.45) is 21.8 Å². The minimum atomic E-state index is -4.07. The summed E-state index contributed by atoms with van der Waals surface area (Å²) in [5, 5.41) is 41.5. The van der Waals surface area contributed by atoms with Gasteiger partial charge in [0.25, 0.3) is 20.0 Å². The Morgan fingerprint density at radius 3 is 0.959 bits per heavy atom. The normalized spacial score (nSPS) is 11.4. The topological polar surface area (TPSA) is 294 Å². The summed E-state index contributed by atoms with van der Waals surface area (Å²) in [4.78, 5) is -0.262. The Morgan fingerprint density at radius 2 is 0.703 bits per heavy atom. The van der Waals surface area contributed by atoms with Crippen molar-refractivity contribution in [3.63, 3.8) is 0 Å². The predicted molar refractivity (Wildman–Crippen MR) is 268 cm³/mol. The molecule has 0 fully saturated rings. The number of nitrogens with one attached hydrogen (secondary N) is 2. The van der Waals surface area contributed by atoms with Crippen molar-refractivity contribution >= 4 is 43.1 Å². The van der Waals surface area contributed by atoms with Crippen molar-refractivity contribution in [2.75, 3.05) is 9.44 Å². The highest BCUT2D eigenvalue weighted by molar-refractivity contribution is 7.93. The van der Waals surface area contributed by atoms with E-state index in [0.29, 0.717) is 45.3 Å². The molecule has 372 valence electrons.